The zero-order valence-electron chi connectivity index (χ0n) is 12.0. The maximum absolute atomic E-state index is 12.0. The molecule has 21 heavy (non-hydrogen) atoms. The number of benzene rings is 1. The maximum atomic E-state index is 12.0. The number of hydrogen-bond donors (Lipinski definition) is 0. The Kier molecular flexibility index (Phi) is 4.94. The molecule has 1 aromatic carbocycles. The predicted octanol–water partition coefficient (Wildman–Crippen LogP) is 3.12. The van der Waals surface area contributed by atoms with Crippen LogP contribution < -0.4 is 9.47 Å². The van der Waals surface area contributed by atoms with Crippen LogP contribution in [0.4, 0.5) is 0 Å². The van der Waals surface area contributed by atoms with Gasteiger partial charge in [-0.3, -0.25) is 0 Å². The molecule has 0 aliphatic rings. The average Bonchev–Trinajstić information content (AvgIpc) is 3.04. The van der Waals surface area contributed by atoms with Crippen LogP contribution in [0.1, 0.15) is 20.9 Å². The van der Waals surface area contributed by atoms with Gasteiger partial charge in [-0.25, -0.2) is 9.78 Å². The zero-order valence-corrected chi connectivity index (χ0v) is 12.8. The molecule has 0 unspecified atom stereocenters. The van der Waals surface area contributed by atoms with E-state index in [1.807, 2.05) is 11.5 Å². The first kappa shape index (κ1) is 15.1. The highest BCUT2D eigenvalue weighted by Crippen LogP contribution is 2.30. The number of esters is 1. The molecular formula is C15H15NO4S. The second kappa shape index (κ2) is 6.90. The summed E-state index contributed by atoms with van der Waals surface area (Å²) < 4.78 is 15.3. The zero-order chi connectivity index (χ0) is 15.2. The minimum Gasteiger partial charge on any atom is -0.497 e. The standard InChI is InChI=1S/C15H15NO4S/c1-18-11-8-10(4-5-13-16-6-7-21-13)14(15(17)20-3)12(9-11)19-2/h4-9H,1-3H3. The second-order valence-corrected chi connectivity index (χ2v) is 4.92. The van der Waals surface area contributed by atoms with Crippen LogP contribution >= 0.6 is 11.3 Å². The van der Waals surface area contributed by atoms with Gasteiger partial charge in [-0.15, -0.1) is 11.3 Å². The van der Waals surface area contributed by atoms with E-state index in [1.54, 1.807) is 31.5 Å². The van der Waals surface area contributed by atoms with E-state index in [4.69, 9.17) is 14.2 Å². The summed E-state index contributed by atoms with van der Waals surface area (Å²) in [6.45, 7) is 0. The van der Waals surface area contributed by atoms with Crippen molar-refractivity contribution >= 4 is 29.5 Å². The Bertz CT molecular complexity index is 650. The van der Waals surface area contributed by atoms with Crippen LogP contribution in [0.2, 0.25) is 0 Å². The summed E-state index contributed by atoms with van der Waals surface area (Å²) >= 11 is 1.51. The topological polar surface area (TPSA) is 57.7 Å². The Hall–Kier alpha value is -2.34. The van der Waals surface area contributed by atoms with Gasteiger partial charge in [0, 0.05) is 17.6 Å². The Labute approximate surface area is 126 Å². The van der Waals surface area contributed by atoms with E-state index >= 15 is 0 Å². The highest BCUT2D eigenvalue weighted by atomic mass is 32.1. The fraction of sp³-hybridized carbons (Fsp3) is 0.200. The van der Waals surface area contributed by atoms with Crippen molar-refractivity contribution in [3.63, 3.8) is 0 Å². The third-order valence-electron chi connectivity index (χ3n) is 2.81. The summed E-state index contributed by atoms with van der Waals surface area (Å²) in [7, 11) is 4.39. The normalized spacial score (nSPS) is 10.6. The summed E-state index contributed by atoms with van der Waals surface area (Å²) in [4.78, 5) is 16.1. The minimum absolute atomic E-state index is 0.355. The molecule has 0 atom stereocenters. The van der Waals surface area contributed by atoms with Gasteiger partial charge in [-0.1, -0.05) is 6.08 Å². The lowest BCUT2D eigenvalue weighted by Gasteiger charge is -2.12. The molecule has 1 heterocycles. The van der Waals surface area contributed by atoms with E-state index in [-0.39, 0.29) is 0 Å². The molecule has 0 bridgehead atoms. The molecule has 0 spiro atoms. The molecule has 0 amide bonds. The maximum Gasteiger partial charge on any atom is 0.342 e. The van der Waals surface area contributed by atoms with Gasteiger partial charge in [0.15, 0.2) is 0 Å². The number of methoxy groups -OCH3 is 3. The summed E-state index contributed by atoms with van der Waals surface area (Å²) in [5.74, 6) is 0.534. The fourth-order valence-electron chi connectivity index (χ4n) is 1.82. The number of hydrogen-bond acceptors (Lipinski definition) is 6. The summed E-state index contributed by atoms with van der Waals surface area (Å²) in [6.07, 6.45) is 5.33. The number of nitrogens with zero attached hydrogens (tertiary/aromatic N) is 1. The number of carbonyl (C=O) groups is 1. The van der Waals surface area contributed by atoms with E-state index in [0.29, 0.717) is 22.6 Å². The first-order valence-electron chi connectivity index (χ1n) is 6.11. The molecule has 2 rings (SSSR count). The van der Waals surface area contributed by atoms with E-state index < -0.39 is 5.97 Å². The smallest absolute Gasteiger partial charge is 0.342 e. The van der Waals surface area contributed by atoms with E-state index in [0.717, 1.165) is 5.01 Å². The number of rotatable bonds is 5. The first-order valence-corrected chi connectivity index (χ1v) is 6.99. The van der Waals surface area contributed by atoms with Crippen molar-refractivity contribution in [3.05, 3.63) is 39.8 Å². The number of thiazole rings is 1. The van der Waals surface area contributed by atoms with Crippen molar-refractivity contribution < 1.29 is 19.0 Å². The molecule has 2 aromatic rings. The summed E-state index contributed by atoms with van der Waals surface area (Å²) in [5, 5.41) is 2.72. The molecule has 1 aromatic heterocycles. The molecule has 110 valence electrons. The van der Waals surface area contributed by atoms with E-state index in [9.17, 15) is 4.79 Å². The van der Waals surface area contributed by atoms with Crippen molar-refractivity contribution in [1.82, 2.24) is 4.98 Å². The Balaban J connectivity index is 2.52. The van der Waals surface area contributed by atoms with Gasteiger partial charge in [-0.05, 0) is 17.7 Å². The van der Waals surface area contributed by atoms with Crippen molar-refractivity contribution in [1.29, 1.82) is 0 Å². The van der Waals surface area contributed by atoms with Crippen molar-refractivity contribution in [2.24, 2.45) is 0 Å². The molecule has 0 saturated heterocycles. The quantitative estimate of drug-likeness (QED) is 0.794. The average molecular weight is 305 g/mol. The molecule has 5 nitrogen and oxygen atoms in total. The first-order chi connectivity index (χ1) is 10.2. The molecule has 0 aliphatic carbocycles. The van der Waals surface area contributed by atoms with Gasteiger partial charge in [0.25, 0.3) is 0 Å². The van der Waals surface area contributed by atoms with Crippen LogP contribution in [0.25, 0.3) is 12.2 Å². The number of aromatic nitrogens is 1. The van der Waals surface area contributed by atoms with E-state index in [1.165, 1.54) is 25.6 Å². The van der Waals surface area contributed by atoms with Crippen molar-refractivity contribution in [2.75, 3.05) is 21.3 Å². The Morgan fingerprint density at radius 3 is 2.57 bits per heavy atom. The lowest BCUT2D eigenvalue weighted by molar-refractivity contribution is 0.0597. The van der Waals surface area contributed by atoms with Crippen molar-refractivity contribution in [3.8, 4) is 11.5 Å². The minimum atomic E-state index is -0.465. The van der Waals surface area contributed by atoms with Gasteiger partial charge in [-0.2, -0.15) is 0 Å². The highest BCUT2D eigenvalue weighted by Gasteiger charge is 2.18. The number of ether oxygens (including phenoxy) is 3. The fourth-order valence-corrected chi connectivity index (χ4v) is 2.35. The van der Waals surface area contributed by atoms with E-state index in [2.05, 4.69) is 4.98 Å². The van der Waals surface area contributed by atoms with Crippen LogP contribution in [0.3, 0.4) is 0 Å². The predicted molar refractivity (Wildman–Crippen MR) is 81.9 cm³/mol. The van der Waals surface area contributed by atoms with Gasteiger partial charge < -0.3 is 14.2 Å². The van der Waals surface area contributed by atoms with Gasteiger partial charge in [0.05, 0.1) is 21.3 Å². The SMILES string of the molecule is COC(=O)c1c(C=Cc2nccs2)cc(OC)cc1OC. The molecule has 0 N–H and O–H groups in total. The Morgan fingerprint density at radius 1 is 1.19 bits per heavy atom. The van der Waals surface area contributed by atoms with Gasteiger partial charge in [0.1, 0.15) is 22.1 Å². The largest absolute Gasteiger partial charge is 0.497 e. The third kappa shape index (κ3) is 3.41. The van der Waals surface area contributed by atoms with Crippen LogP contribution in [0.5, 0.6) is 11.5 Å². The molecular weight excluding hydrogens is 290 g/mol. The lowest BCUT2D eigenvalue weighted by atomic mass is 10.0. The van der Waals surface area contributed by atoms with Crippen LogP contribution in [-0.4, -0.2) is 32.3 Å². The molecule has 0 fully saturated rings. The van der Waals surface area contributed by atoms with Gasteiger partial charge in [0.2, 0.25) is 0 Å². The summed E-state index contributed by atoms with van der Waals surface area (Å²) in [5.41, 5.74) is 1.00. The molecule has 0 saturated carbocycles. The molecule has 0 aliphatic heterocycles. The van der Waals surface area contributed by atoms with Crippen LogP contribution in [0.15, 0.2) is 23.7 Å². The monoisotopic (exact) mass is 305 g/mol. The number of carbonyl (C=O) groups excluding carboxylic acids is 1. The third-order valence-corrected chi connectivity index (χ3v) is 3.55. The molecule has 6 heteroatoms. The van der Waals surface area contributed by atoms with Crippen molar-refractivity contribution in [2.45, 2.75) is 0 Å². The molecule has 0 radical (unpaired) electrons. The second-order valence-electron chi connectivity index (χ2n) is 3.99. The summed E-state index contributed by atoms with van der Waals surface area (Å²) in [6, 6.07) is 3.39. The highest BCUT2D eigenvalue weighted by molar-refractivity contribution is 7.10. The van der Waals surface area contributed by atoms with Crippen LogP contribution in [0, 0.1) is 0 Å². The van der Waals surface area contributed by atoms with Gasteiger partial charge >= 0.3 is 5.97 Å². The lowest BCUT2D eigenvalue weighted by Crippen LogP contribution is -2.07. The Morgan fingerprint density at radius 2 is 2.00 bits per heavy atom. The van der Waals surface area contributed by atoms with Crippen LogP contribution in [-0.2, 0) is 4.74 Å².